The van der Waals surface area contributed by atoms with Gasteiger partial charge < -0.3 is 0 Å². The van der Waals surface area contributed by atoms with Crippen LogP contribution in [0.2, 0.25) is 0 Å². The van der Waals surface area contributed by atoms with Crippen molar-refractivity contribution in [1.82, 2.24) is 15.0 Å². The lowest BCUT2D eigenvalue weighted by molar-refractivity contribution is -0.0281. The first-order chi connectivity index (χ1) is 30.0. The smallest absolute Gasteiger partial charge is 0.164 e. The fraction of sp³-hybridized carbons (Fsp3) is 0.179. The van der Waals surface area contributed by atoms with Crippen LogP contribution in [0.1, 0.15) is 55.2 Å². The number of thiophene rings is 1. The van der Waals surface area contributed by atoms with Gasteiger partial charge in [0, 0.05) is 36.9 Å². The molecule has 4 fully saturated rings. The standard InChI is InChI=1S/C56H42N4S/c57-34-36-9-7-14-42(26-36)43-15-8-16-47(27-43)56-32-37-25-38(33-56)31-55(30-37,35-56)46-21-17-39(18-22-46)44-19-23-48-49-24-20-45(29-51(49)61-50(48)28-44)54-59-52(40-10-3-1-4-11-40)58-53(60-54)41-12-5-2-6-13-41/h1-24,26-29,37-38H,25,30-33,35H2. The third kappa shape index (κ3) is 6.28. The third-order valence-electron chi connectivity index (χ3n) is 14.1. The van der Waals surface area contributed by atoms with Crippen molar-refractivity contribution in [1.29, 1.82) is 5.26 Å². The highest BCUT2D eigenvalue weighted by Gasteiger charge is 2.58. The van der Waals surface area contributed by atoms with Crippen LogP contribution in [-0.2, 0) is 10.8 Å². The van der Waals surface area contributed by atoms with E-state index in [1.54, 1.807) is 0 Å². The topological polar surface area (TPSA) is 62.5 Å². The van der Waals surface area contributed by atoms with Gasteiger partial charge in [0.25, 0.3) is 0 Å². The summed E-state index contributed by atoms with van der Waals surface area (Å²) in [7, 11) is 0. The third-order valence-corrected chi connectivity index (χ3v) is 15.2. The van der Waals surface area contributed by atoms with Gasteiger partial charge in [-0.25, -0.2) is 15.0 Å². The number of aromatic nitrogens is 3. The Hall–Kier alpha value is -6.74. The van der Waals surface area contributed by atoms with E-state index in [9.17, 15) is 5.26 Å². The van der Waals surface area contributed by atoms with Crippen molar-refractivity contribution in [3.05, 3.63) is 187 Å². The highest BCUT2D eigenvalue weighted by molar-refractivity contribution is 7.25. The van der Waals surface area contributed by atoms with Crippen LogP contribution in [0.4, 0.5) is 0 Å². The molecule has 4 bridgehead atoms. The second kappa shape index (κ2) is 14.2. The van der Waals surface area contributed by atoms with Crippen molar-refractivity contribution < 1.29 is 0 Å². The molecule has 4 nitrogen and oxygen atoms in total. The molecule has 2 aromatic heterocycles. The van der Waals surface area contributed by atoms with Crippen molar-refractivity contribution in [3.8, 4) is 62.5 Å². The van der Waals surface area contributed by atoms with Gasteiger partial charge in [-0.2, -0.15) is 5.26 Å². The molecule has 9 aromatic rings. The molecule has 2 heterocycles. The van der Waals surface area contributed by atoms with E-state index in [2.05, 4.69) is 97.1 Å². The van der Waals surface area contributed by atoms with E-state index in [1.807, 2.05) is 90.2 Å². The molecule has 0 N–H and O–H groups in total. The number of nitriles is 1. The molecule has 13 rings (SSSR count). The Kier molecular flexibility index (Phi) is 8.40. The molecule has 0 radical (unpaired) electrons. The minimum Gasteiger partial charge on any atom is -0.208 e. The minimum atomic E-state index is 0.204. The molecular weight excluding hydrogens is 761 g/mol. The molecule has 0 aliphatic heterocycles. The maximum absolute atomic E-state index is 9.56. The van der Waals surface area contributed by atoms with Gasteiger partial charge >= 0.3 is 0 Å². The predicted octanol–water partition coefficient (Wildman–Crippen LogP) is 14.2. The first-order valence-electron chi connectivity index (χ1n) is 21.6. The van der Waals surface area contributed by atoms with E-state index in [1.165, 1.54) is 86.5 Å². The van der Waals surface area contributed by atoms with Gasteiger partial charge in [0.1, 0.15) is 0 Å². The normalized spacial score (nSPS) is 21.5. The van der Waals surface area contributed by atoms with E-state index in [0.717, 1.165) is 34.1 Å². The van der Waals surface area contributed by atoms with Crippen LogP contribution in [-0.4, -0.2) is 15.0 Å². The van der Waals surface area contributed by atoms with Crippen LogP contribution < -0.4 is 0 Å². The van der Waals surface area contributed by atoms with Crippen LogP contribution in [0.5, 0.6) is 0 Å². The lowest BCUT2D eigenvalue weighted by Gasteiger charge is -2.63. The lowest BCUT2D eigenvalue weighted by atomic mass is 9.41. The molecule has 292 valence electrons. The summed E-state index contributed by atoms with van der Waals surface area (Å²) in [6.07, 6.45) is 7.78. The molecule has 2 unspecified atom stereocenters. The van der Waals surface area contributed by atoms with Crippen molar-refractivity contribution in [2.75, 3.05) is 0 Å². The van der Waals surface area contributed by atoms with Crippen LogP contribution in [0, 0.1) is 23.2 Å². The number of hydrogen-bond donors (Lipinski definition) is 0. The van der Waals surface area contributed by atoms with Crippen molar-refractivity contribution >= 4 is 31.5 Å². The Bertz CT molecular complexity index is 3110. The largest absolute Gasteiger partial charge is 0.208 e. The van der Waals surface area contributed by atoms with E-state index in [0.29, 0.717) is 23.0 Å². The van der Waals surface area contributed by atoms with Gasteiger partial charge in [-0.3, -0.25) is 0 Å². The van der Waals surface area contributed by atoms with Gasteiger partial charge in [-0.1, -0.05) is 146 Å². The zero-order valence-corrected chi connectivity index (χ0v) is 34.6. The Morgan fingerprint density at radius 3 is 1.56 bits per heavy atom. The summed E-state index contributed by atoms with van der Waals surface area (Å²) >= 11 is 1.84. The highest BCUT2D eigenvalue weighted by atomic mass is 32.1. The molecule has 4 aliphatic rings. The second-order valence-corrected chi connectivity index (χ2v) is 19.0. The highest BCUT2D eigenvalue weighted by Crippen LogP contribution is 2.66. The van der Waals surface area contributed by atoms with Crippen molar-refractivity contribution in [3.63, 3.8) is 0 Å². The number of benzene rings is 7. The van der Waals surface area contributed by atoms with Crippen LogP contribution in [0.15, 0.2) is 170 Å². The summed E-state index contributed by atoms with van der Waals surface area (Å²) in [5.41, 5.74) is 11.9. The summed E-state index contributed by atoms with van der Waals surface area (Å²) in [5.74, 6) is 3.55. The molecule has 7 aromatic carbocycles. The van der Waals surface area contributed by atoms with E-state index >= 15 is 0 Å². The van der Waals surface area contributed by atoms with Crippen molar-refractivity contribution in [2.45, 2.75) is 49.4 Å². The Labute approximate surface area is 360 Å². The van der Waals surface area contributed by atoms with Crippen LogP contribution >= 0.6 is 11.3 Å². The van der Waals surface area contributed by atoms with Crippen LogP contribution in [0.25, 0.3) is 76.6 Å². The quantitative estimate of drug-likeness (QED) is 0.161. The van der Waals surface area contributed by atoms with Crippen molar-refractivity contribution in [2.24, 2.45) is 11.8 Å². The first-order valence-corrected chi connectivity index (χ1v) is 22.4. The number of rotatable bonds is 7. The van der Waals surface area contributed by atoms with E-state index < -0.39 is 0 Å². The molecule has 0 spiro atoms. The fourth-order valence-electron chi connectivity index (χ4n) is 11.8. The fourth-order valence-corrected chi connectivity index (χ4v) is 13.0. The molecule has 2 atom stereocenters. The van der Waals surface area contributed by atoms with Gasteiger partial charge in [-0.05, 0) is 119 Å². The summed E-state index contributed by atoms with van der Waals surface area (Å²) in [6.45, 7) is 0. The van der Waals surface area contributed by atoms with Gasteiger partial charge in [-0.15, -0.1) is 11.3 Å². The average Bonchev–Trinajstić information content (AvgIpc) is 3.69. The summed E-state index contributed by atoms with van der Waals surface area (Å²) in [5, 5.41) is 12.1. The summed E-state index contributed by atoms with van der Waals surface area (Å²) < 4.78 is 2.50. The van der Waals surface area contributed by atoms with E-state index in [-0.39, 0.29) is 10.8 Å². The first kappa shape index (κ1) is 36.1. The lowest BCUT2D eigenvalue weighted by Crippen LogP contribution is -2.55. The number of nitrogens with zero attached hydrogens (tertiary/aromatic N) is 4. The Morgan fingerprint density at radius 1 is 0.443 bits per heavy atom. The molecule has 61 heavy (non-hydrogen) atoms. The van der Waals surface area contributed by atoms with Gasteiger partial charge in [0.05, 0.1) is 11.6 Å². The monoisotopic (exact) mass is 802 g/mol. The summed E-state index contributed by atoms with van der Waals surface area (Å²) in [6, 6.07) is 63.3. The second-order valence-electron chi connectivity index (χ2n) is 17.9. The van der Waals surface area contributed by atoms with Crippen LogP contribution in [0.3, 0.4) is 0 Å². The zero-order chi connectivity index (χ0) is 40.5. The maximum atomic E-state index is 9.56. The Balaban J connectivity index is 0.847. The van der Waals surface area contributed by atoms with Gasteiger partial charge in [0.15, 0.2) is 17.5 Å². The zero-order valence-electron chi connectivity index (χ0n) is 33.8. The molecule has 5 heteroatoms. The Morgan fingerprint density at radius 2 is 0.934 bits per heavy atom. The maximum Gasteiger partial charge on any atom is 0.164 e. The molecular formula is C56H42N4S. The SMILES string of the molecule is N#Cc1cccc(-c2cccc(C34CC5CC(CC(c6ccc(-c7ccc8c(c7)sc7cc(-c9nc(-c%10ccccc%10)nc(-c%10ccccc%10)n9)ccc78)cc6)(C5)C3)C4)c2)c1. The van der Waals surface area contributed by atoms with E-state index in [4.69, 9.17) is 15.0 Å². The molecule has 4 saturated carbocycles. The molecule has 4 aliphatic carbocycles. The molecule has 0 amide bonds. The number of hydrogen-bond acceptors (Lipinski definition) is 5. The minimum absolute atomic E-state index is 0.204. The average molecular weight is 803 g/mol. The molecule has 0 saturated heterocycles. The predicted molar refractivity (Wildman–Crippen MR) is 249 cm³/mol. The summed E-state index contributed by atoms with van der Waals surface area (Å²) in [4.78, 5) is 14.9. The number of fused-ring (bicyclic) bond motifs is 3. The van der Waals surface area contributed by atoms with Gasteiger partial charge in [0.2, 0.25) is 0 Å².